The van der Waals surface area contributed by atoms with Gasteiger partial charge in [-0.2, -0.15) is 0 Å². The predicted molar refractivity (Wildman–Crippen MR) is 94.5 cm³/mol. The molecule has 0 bridgehead atoms. The van der Waals surface area contributed by atoms with Gasteiger partial charge in [0.15, 0.2) is 0 Å². The van der Waals surface area contributed by atoms with Crippen LogP contribution in [0, 0.1) is 0 Å². The number of rotatable bonds is 4. The van der Waals surface area contributed by atoms with Crippen LogP contribution >= 0.6 is 11.8 Å². The van der Waals surface area contributed by atoms with Crippen molar-refractivity contribution in [3.63, 3.8) is 0 Å². The van der Waals surface area contributed by atoms with Gasteiger partial charge in [-0.15, -0.1) is 11.8 Å². The van der Waals surface area contributed by atoms with Gasteiger partial charge in [-0.05, 0) is 44.4 Å². The van der Waals surface area contributed by atoms with Crippen molar-refractivity contribution in [3.05, 3.63) is 54.1 Å². The second-order valence-electron chi connectivity index (χ2n) is 5.89. The molecular formula is C18H20N2OS. The van der Waals surface area contributed by atoms with Crippen molar-refractivity contribution in [1.29, 1.82) is 0 Å². The fourth-order valence-corrected chi connectivity index (χ4v) is 2.95. The van der Waals surface area contributed by atoms with Gasteiger partial charge in [-0.25, -0.2) is 4.99 Å². The van der Waals surface area contributed by atoms with E-state index < -0.39 is 0 Å². The molecule has 0 saturated carbocycles. The fraction of sp³-hybridized carbons (Fsp3) is 0.278. The van der Waals surface area contributed by atoms with Crippen LogP contribution in [0.4, 0.5) is 11.4 Å². The third-order valence-corrected chi connectivity index (χ3v) is 4.30. The minimum absolute atomic E-state index is 0.153. The molecule has 1 aliphatic heterocycles. The molecule has 114 valence electrons. The van der Waals surface area contributed by atoms with Crippen LogP contribution in [-0.2, 0) is 4.74 Å². The Hall–Kier alpha value is -1.94. The molecule has 0 spiro atoms. The Morgan fingerprint density at radius 2 is 1.73 bits per heavy atom. The maximum absolute atomic E-state index is 5.79. The molecule has 0 fully saturated rings. The van der Waals surface area contributed by atoms with E-state index in [1.54, 1.807) is 11.8 Å². The predicted octanol–water partition coefficient (Wildman–Crippen LogP) is 4.71. The highest BCUT2D eigenvalue weighted by molar-refractivity contribution is 7.98. The van der Waals surface area contributed by atoms with Crippen molar-refractivity contribution in [1.82, 2.24) is 0 Å². The van der Waals surface area contributed by atoms with Crippen LogP contribution < -0.4 is 5.32 Å². The third-order valence-electron chi connectivity index (χ3n) is 3.50. The summed E-state index contributed by atoms with van der Waals surface area (Å²) < 4.78 is 5.79. The molecule has 0 unspecified atom stereocenters. The van der Waals surface area contributed by atoms with Gasteiger partial charge in [0.05, 0.1) is 22.5 Å². The Morgan fingerprint density at radius 1 is 1.05 bits per heavy atom. The van der Waals surface area contributed by atoms with Crippen molar-refractivity contribution in [2.45, 2.75) is 24.3 Å². The van der Waals surface area contributed by atoms with Gasteiger partial charge in [0.2, 0.25) is 5.90 Å². The second-order valence-corrected chi connectivity index (χ2v) is 6.74. The van der Waals surface area contributed by atoms with E-state index in [-0.39, 0.29) is 5.54 Å². The number of ether oxygens (including phenoxy) is 1. The zero-order valence-electron chi connectivity index (χ0n) is 13.1. The van der Waals surface area contributed by atoms with Gasteiger partial charge >= 0.3 is 0 Å². The summed E-state index contributed by atoms with van der Waals surface area (Å²) in [4.78, 5) is 5.90. The molecule has 4 heteroatoms. The van der Waals surface area contributed by atoms with Crippen LogP contribution in [-0.4, -0.2) is 24.3 Å². The van der Waals surface area contributed by atoms with Gasteiger partial charge in [-0.3, -0.25) is 0 Å². The largest absolute Gasteiger partial charge is 0.475 e. The molecule has 1 aliphatic rings. The van der Waals surface area contributed by atoms with E-state index in [1.807, 2.05) is 24.3 Å². The van der Waals surface area contributed by atoms with Gasteiger partial charge in [0, 0.05) is 4.90 Å². The molecule has 3 nitrogen and oxygen atoms in total. The van der Waals surface area contributed by atoms with Gasteiger partial charge in [-0.1, -0.05) is 24.3 Å². The van der Waals surface area contributed by atoms with Crippen LogP contribution in [0.15, 0.2) is 58.4 Å². The highest BCUT2D eigenvalue weighted by Gasteiger charge is 2.28. The second kappa shape index (κ2) is 6.05. The molecule has 1 N–H and O–H groups in total. The number of benzene rings is 2. The highest BCUT2D eigenvalue weighted by Crippen LogP contribution is 2.31. The van der Waals surface area contributed by atoms with Crippen molar-refractivity contribution < 1.29 is 4.74 Å². The fourth-order valence-electron chi connectivity index (χ4n) is 2.39. The van der Waals surface area contributed by atoms with Crippen molar-refractivity contribution >= 4 is 29.0 Å². The summed E-state index contributed by atoms with van der Waals surface area (Å²) in [5, 5.41) is 3.51. The van der Waals surface area contributed by atoms with Crippen molar-refractivity contribution in [3.8, 4) is 0 Å². The standard InChI is InChI=1S/C18H20N2OS/c1-18(2)12-21-17(20-18)13-8-4-5-9-14(13)19-15-10-6-7-11-16(15)22-3/h4-11,19H,12H2,1-3H3. The molecule has 2 aromatic carbocycles. The summed E-state index contributed by atoms with van der Waals surface area (Å²) in [6.07, 6.45) is 2.08. The summed E-state index contributed by atoms with van der Waals surface area (Å²) in [6, 6.07) is 16.4. The lowest BCUT2D eigenvalue weighted by molar-refractivity contribution is 0.279. The van der Waals surface area contributed by atoms with Gasteiger partial charge in [0.1, 0.15) is 6.61 Å². The van der Waals surface area contributed by atoms with Crippen molar-refractivity contribution in [2.24, 2.45) is 4.99 Å². The van der Waals surface area contributed by atoms with Crippen LogP contribution in [0.2, 0.25) is 0 Å². The first-order valence-electron chi connectivity index (χ1n) is 7.31. The van der Waals surface area contributed by atoms with E-state index in [1.165, 1.54) is 4.90 Å². The first kappa shape index (κ1) is 15.0. The average molecular weight is 312 g/mol. The Labute approximate surface area is 135 Å². The van der Waals surface area contributed by atoms with E-state index in [9.17, 15) is 0 Å². The molecule has 0 aromatic heterocycles. The normalized spacial score (nSPS) is 16.0. The molecule has 2 aromatic rings. The Morgan fingerprint density at radius 3 is 2.41 bits per heavy atom. The smallest absolute Gasteiger partial charge is 0.218 e. The maximum atomic E-state index is 5.79. The molecule has 3 rings (SSSR count). The zero-order valence-corrected chi connectivity index (χ0v) is 13.9. The minimum Gasteiger partial charge on any atom is -0.475 e. The Balaban J connectivity index is 1.96. The van der Waals surface area contributed by atoms with E-state index >= 15 is 0 Å². The number of para-hydroxylation sites is 2. The lowest BCUT2D eigenvalue weighted by atomic mass is 10.1. The van der Waals surface area contributed by atoms with Crippen LogP contribution in [0.5, 0.6) is 0 Å². The Bertz CT molecular complexity index is 710. The van der Waals surface area contributed by atoms with Gasteiger partial charge < -0.3 is 10.1 Å². The maximum Gasteiger partial charge on any atom is 0.218 e. The molecule has 0 radical (unpaired) electrons. The number of nitrogens with one attached hydrogen (secondary N) is 1. The average Bonchev–Trinajstić information content (AvgIpc) is 2.88. The van der Waals surface area contributed by atoms with E-state index in [0.717, 1.165) is 22.8 Å². The topological polar surface area (TPSA) is 33.6 Å². The summed E-state index contributed by atoms with van der Waals surface area (Å²) in [7, 11) is 0. The van der Waals surface area contributed by atoms with Crippen LogP contribution in [0.3, 0.4) is 0 Å². The first-order chi connectivity index (χ1) is 10.6. The number of nitrogens with zero attached hydrogens (tertiary/aromatic N) is 1. The third kappa shape index (κ3) is 3.12. The molecular weight excluding hydrogens is 292 g/mol. The monoisotopic (exact) mass is 312 g/mol. The number of hydrogen-bond donors (Lipinski definition) is 1. The summed E-state index contributed by atoms with van der Waals surface area (Å²) >= 11 is 1.73. The molecule has 0 saturated heterocycles. The first-order valence-corrected chi connectivity index (χ1v) is 8.54. The zero-order chi connectivity index (χ0) is 15.6. The Kier molecular flexibility index (Phi) is 4.12. The highest BCUT2D eigenvalue weighted by atomic mass is 32.2. The minimum atomic E-state index is -0.153. The van der Waals surface area contributed by atoms with Gasteiger partial charge in [0.25, 0.3) is 0 Å². The molecule has 22 heavy (non-hydrogen) atoms. The molecule has 0 atom stereocenters. The number of hydrogen-bond acceptors (Lipinski definition) is 4. The van der Waals surface area contributed by atoms with Crippen LogP contribution in [0.25, 0.3) is 0 Å². The summed E-state index contributed by atoms with van der Waals surface area (Å²) in [5.74, 6) is 0.717. The number of thioether (sulfide) groups is 1. The van der Waals surface area contributed by atoms with Crippen molar-refractivity contribution in [2.75, 3.05) is 18.2 Å². The summed E-state index contributed by atoms with van der Waals surface area (Å²) in [5.41, 5.74) is 2.96. The molecule has 1 heterocycles. The van der Waals surface area contributed by atoms with E-state index in [0.29, 0.717) is 6.61 Å². The lowest BCUT2D eigenvalue weighted by Gasteiger charge is -2.14. The molecule has 0 aliphatic carbocycles. The number of anilines is 2. The van der Waals surface area contributed by atoms with E-state index in [2.05, 4.69) is 54.7 Å². The quantitative estimate of drug-likeness (QED) is 0.830. The SMILES string of the molecule is CSc1ccccc1Nc1ccccc1C1=NC(C)(C)CO1. The molecule has 0 amide bonds. The lowest BCUT2D eigenvalue weighted by Crippen LogP contribution is -2.17. The summed E-state index contributed by atoms with van der Waals surface area (Å²) in [6.45, 7) is 4.79. The number of aliphatic imine (C=N–C) groups is 1. The van der Waals surface area contributed by atoms with E-state index in [4.69, 9.17) is 4.74 Å². The van der Waals surface area contributed by atoms with Crippen LogP contribution in [0.1, 0.15) is 19.4 Å².